The number of aromatic nitrogens is 1. The van der Waals surface area contributed by atoms with Crippen molar-refractivity contribution in [3.05, 3.63) is 22.9 Å². The summed E-state index contributed by atoms with van der Waals surface area (Å²) in [6.07, 6.45) is -8.25. The first-order valence-corrected chi connectivity index (χ1v) is 4.51. The summed E-state index contributed by atoms with van der Waals surface area (Å²) in [6, 6.07) is 0.628. The molecule has 0 saturated carbocycles. The van der Waals surface area contributed by atoms with Crippen molar-refractivity contribution in [1.82, 2.24) is 4.98 Å². The Labute approximate surface area is 92.2 Å². The van der Waals surface area contributed by atoms with Crippen molar-refractivity contribution in [2.45, 2.75) is 18.5 Å². The molecule has 0 aliphatic heterocycles. The minimum Gasteiger partial charge on any atom is -0.383 e. The van der Waals surface area contributed by atoms with Gasteiger partial charge >= 0.3 is 6.18 Å². The summed E-state index contributed by atoms with van der Waals surface area (Å²) < 4.78 is 61.8. The molecule has 0 aromatic carbocycles. The van der Waals surface area contributed by atoms with Crippen LogP contribution in [-0.2, 0) is 12.1 Å². The van der Waals surface area contributed by atoms with Crippen LogP contribution in [0.15, 0.2) is 6.07 Å². The highest BCUT2D eigenvalue weighted by Gasteiger charge is 2.38. The van der Waals surface area contributed by atoms with Crippen LogP contribution in [0.5, 0.6) is 0 Å². The third-order valence-electron chi connectivity index (χ3n) is 1.81. The third kappa shape index (κ3) is 2.52. The smallest absolute Gasteiger partial charge is 0.383 e. The lowest BCUT2D eigenvalue weighted by molar-refractivity contribution is -0.143. The maximum Gasteiger partial charge on any atom is 0.433 e. The SMILES string of the molecule is Nc1nc(C(F)(F)F)c(C(F)F)cc1CCl. The van der Waals surface area contributed by atoms with Crippen LogP contribution in [0, 0.1) is 0 Å². The van der Waals surface area contributed by atoms with E-state index in [1.54, 1.807) is 0 Å². The van der Waals surface area contributed by atoms with Crippen molar-refractivity contribution in [3.8, 4) is 0 Å². The molecule has 0 bridgehead atoms. The quantitative estimate of drug-likeness (QED) is 0.654. The van der Waals surface area contributed by atoms with E-state index in [0.717, 1.165) is 0 Å². The number of pyridine rings is 1. The predicted molar refractivity (Wildman–Crippen MR) is 48.2 cm³/mol. The maximum atomic E-state index is 12.4. The number of alkyl halides is 6. The van der Waals surface area contributed by atoms with E-state index in [4.69, 9.17) is 17.3 Å². The van der Waals surface area contributed by atoms with Gasteiger partial charge in [0.25, 0.3) is 6.43 Å². The van der Waals surface area contributed by atoms with Crippen molar-refractivity contribution in [2.75, 3.05) is 5.73 Å². The Hall–Kier alpha value is -1.11. The van der Waals surface area contributed by atoms with Gasteiger partial charge in [-0.3, -0.25) is 0 Å². The number of rotatable bonds is 2. The van der Waals surface area contributed by atoms with Crippen molar-refractivity contribution in [3.63, 3.8) is 0 Å². The monoisotopic (exact) mass is 260 g/mol. The van der Waals surface area contributed by atoms with Gasteiger partial charge in [0.05, 0.1) is 5.88 Å². The Balaban J connectivity index is 3.42. The molecule has 0 aliphatic carbocycles. The molecule has 8 heteroatoms. The molecule has 16 heavy (non-hydrogen) atoms. The Kier molecular flexibility index (Phi) is 3.57. The minimum absolute atomic E-state index is 0.0510. The number of nitrogens with two attached hydrogens (primary N) is 1. The van der Waals surface area contributed by atoms with Crippen LogP contribution in [-0.4, -0.2) is 4.98 Å². The highest BCUT2D eigenvalue weighted by Crippen LogP contribution is 2.36. The maximum absolute atomic E-state index is 12.4. The van der Waals surface area contributed by atoms with E-state index < -0.39 is 29.7 Å². The van der Waals surface area contributed by atoms with Crippen LogP contribution in [0.25, 0.3) is 0 Å². The van der Waals surface area contributed by atoms with Gasteiger partial charge in [-0.2, -0.15) is 13.2 Å². The van der Waals surface area contributed by atoms with Crippen molar-refractivity contribution in [1.29, 1.82) is 0 Å². The van der Waals surface area contributed by atoms with Crippen LogP contribution in [0.3, 0.4) is 0 Å². The van der Waals surface area contributed by atoms with E-state index in [-0.39, 0.29) is 11.4 Å². The molecule has 0 fully saturated rings. The highest BCUT2D eigenvalue weighted by molar-refractivity contribution is 6.17. The summed E-state index contributed by atoms with van der Waals surface area (Å²) in [5, 5.41) is 0. The van der Waals surface area contributed by atoms with E-state index in [9.17, 15) is 22.0 Å². The molecule has 1 aromatic heterocycles. The molecule has 1 aromatic rings. The van der Waals surface area contributed by atoms with Crippen molar-refractivity contribution >= 4 is 17.4 Å². The molecule has 0 amide bonds. The largest absolute Gasteiger partial charge is 0.433 e. The molecule has 1 heterocycles. The molecule has 2 N–H and O–H groups in total. The van der Waals surface area contributed by atoms with Crippen LogP contribution < -0.4 is 5.73 Å². The number of hydrogen-bond acceptors (Lipinski definition) is 2. The Bertz CT molecular complexity index is 391. The molecule has 0 spiro atoms. The molecular formula is C8H6ClF5N2. The van der Waals surface area contributed by atoms with Gasteiger partial charge in [-0.25, -0.2) is 13.8 Å². The van der Waals surface area contributed by atoms with E-state index in [0.29, 0.717) is 6.07 Å². The van der Waals surface area contributed by atoms with Gasteiger partial charge in [-0.1, -0.05) is 0 Å². The topological polar surface area (TPSA) is 38.9 Å². The average molecular weight is 261 g/mol. The van der Waals surface area contributed by atoms with E-state index >= 15 is 0 Å². The minimum atomic E-state index is -4.97. The van der Waals surface area contributed by atoms with Gasteiger partial charge in [-0.15, -0.1) is 11.6 Å². The van der Waals surface area contributed by atoms with Gasteiger partial charge in [-0.05, 0) is 6.07 Å². The number of halogens is 6. The molecule has 0 aliphatic rings. The highest BCUT2D eigenvalue weighted by atomic mass is 35.5. The van der Waals surface area contributed by atoms with Crippen molar-refractivity contribution < 1.29 is 22.0 Å². The predicted octanol–water partition coefficient (Wildman–Crippen LogP) is 3.36. The summed E-state index contributed by atoms with van der Waals surface area (Å²) in [5.41, 5.74) is 2.22. The van der Waals surface area contributed by atoms with Gasteiger partial charge in [0.1, 0.15) is 5.82 Å². The first kappa shape index (κ1) is 13.0. The summed E-state index contributed by atoms with van der Waals surface area (Å²) in [6.45, 7) is 0. The molecule has 0 radical (unpaired) electrons. The van der Waals surface area contributed by atoms with Crippen molar-refractivity contribution in [2.24, 2.45) is 0 Å². The Morgan fingerprint density at radius 2 is 1.94 bits per heavy atom. The Morgan fingerprint density at radius 3 is 2.31 bits per heavy atom. The lowest BCUT2D eigenvalue weighted by Gasteiger charge is -2.13. The lowest BCUT2D eigenvalue weighted by atomic mass is 10.1. The average Bonchev–Trinajstić information content (AvgIpc) is 2.15. The summed E-state index contributed by atoms with van der Waals surface area (Å²) in [5.74, 6) is -0.775. The summed E-state index contributed by atoms with van der Waals surface area (Å²) >= 11 is 5.33. The number of nitrogen functional groups attached to an aromatic ring is 1. The molecule has 0 unspecified atom stereocenters. The fourth-order valence-electron chi connectivity index (χ4n) is 1.09. The number of nitrogens with zero attached hydrogens (tertiary/aromatic N) is 1. The van der Waals surface area contributed by atoms with E-state index in [1.165, 1.54) is 0 Å². The molecule has 90 valence electrons. The van der Waals surface area contributed by atoms with Gasteiger partial charge in [0, 0.05) is 11.1 Å². The molecule has 0 saturated heterocycles. The second kappa shape index (κ2) is 4.40. The number of hydrogen-bond donors (Lipinski definition) is 1. The van der Waals surface area contributed by atoms with E-state index in [1.807, 2.05) is 0 Å². The van der Waals surface area contributed by atoms with Gasteiger partial charge in [0.15, 0.2) is 5.69 Å². The molecule has 1 rings (SSSR count). The van der Waals surface area contributed by atoms with Gasteiger partial charge < -0.3 is 5.73 Å². The van der Waals surface area contributed by atoms with Crippen LogP contribution >= 0.6 is 11.6 Å². The second-order valence-corrected chi connectivity index (χ2v) is 3.17. The van der Waals surface area contributed by atoms with Crippen LogP contribution in [0.2, 0.25) is 0 Å². The van der Waals surface area contributed by atoms with Crippen LogP contribution in [0.4, 0.5) is 27.8 Å². The molecule has 0 atom stereocenters. The molecule has 2 nitrogen and oxygen atoms in total. The summed E-state index contributed by atoms with van der Waals surface area (Å²) in [4.78, 5) is 2.92. The van der Waals surface area contributed by atoms with Crippen LogP contribution in [0.1, 0.15) is 23.2 Å². The zero-order chi connectivity index (χ0) is 12.5. The third-order valence-corrected chi connectivity index (χ3v) is 2.10. The first-order chi connectivity index (χ1) is 7.27. The fraction of sp³-hybridized carbons (Fsp3) is 0.375. The van der Waals surface area contributed by atoms with E-state index in [2.05, 4.69) is 4.98 Å². The molecular weight excluding hydrogens is 255 g/mol. The zero-order valence-corrected chi connectivity index (χ0v) is 8.41. The standard InChI is InChI=1S/C8H6ClF5N2/c9-2-3-1-4(6(10)11)5(8(12,13)14)16-7(3)15/h1,6H,2H2,(H2,15,16). The fourth-order valence-corrected chi connectivity index (χ4v) is 1.30. The second-order valence-electron chi connectivity index (χ2n) is 2.90. The normalized spacial score (nSPS) is 12.2. The number of anilines is 1. The summed E-state index contributed by atoms with van der Waals surface area (Å²) in [7, 11) is 0. The lowest BCUT2D eigenvalue weighted by Crippen LogP contribution is -2.15. The first-order valence-electron chi connectivity index (χ1n) is 3.98. The Morgan fingerprint density at radius 1 is 1.38 bits per heavy atom. The van der Waals surface area contributed by atoms with Gasteiger partial charge in [0.2, 0.25) is 0 Å². The zero-order valence-electron chi connectivity index (χ0n) is 7.65.